The fraction of sp³-hybridized carbons (Fsp3) is 0.333. The second-order valence-corrected chi connectivity index (χ2v) is 7.78. The first-order valence-corrected chi connectivity index (χ1v) is 10.5. The molecule has 0 radical (unpaired) electrons. The van der Waals surface area contributed by atoms with Gasteiger partial charge in [0.05, 0.1) is 16.9 Å². The molecule has 0 saturated heterocycles. The normalized spacial score (nSPS) is 11.2. The van der Waals surface area contributed by atoms with E-state index in [-0.39, 0.29) is 46.4 Å². The van der Waals surface area contributed by atoms with Gasteiger partial charge >= 0.3 is 0 Å². The molecule has 164 valence electrons. The van der Waals surface area contributed by atoms with Crippen LogP contribution >= 0.6 is 0 Å². The first kappa shape index (κ1) is 22.2. The molecule has 31 heavy (non-hydrogen) atoms. The maximum absolute atomic E-state index is 13.3. The van der Waals surface area contributed by atoms with Gasteiger partial charge in [-0.25, -0.2) is 0 Å². The van der Waals surface area contributed by atoms with Gasteiger partial charge in [-0.15, -0.1) is 0 Å². The van der Waals surface area contributed by atoms with Gasteiger partial charge in [-0.1, -0.05) is 20.3 Å². The van der Waals surface area contributed by atoms with Gasteiger partial charge in [-0.2, -0.15) is 0 Å². The number of nitrogens with two attached hydrogens (primary N) is 2. The number of phenolic OH excluding ortho intramolecular Hbond substituents is 2. The average molecular weight is 424 g/mol. The predicted molar refractivity (Wildman–Crippen MR) is 120 cm³/mol. The number of aromatic hydroxyl groups is 2. The van der Waals surface area contributed by atoms with Gasteiger partial charge in [0, 0.05) is 35.8 Å². The van der Waals surface area contributed by atoms with Crippen LogP contribution in [-0.2, 0) is 17.6 Å². The minimum atomic E-state index is -0.369. The molecule has 0 amide bonds. The molecule has 2 aromatic carbocycles. The van der Waals surface area contributed by atoms with Crippen molar-refractivity contribution in [2.75, 3.05) is 11.5 Å². The zero-order valence-corrected chi connectivity index (χ0v) is 17.8. The maximum Gasteiger partial charge on any atom is 0.197 e. The summed E-state index contributed by atoms with van der Waals surface area (Å²) in [6, 6.07) is 5.83. The number of ketones is 2. The number of rotatable bonds is 9. The number of benzene rings is 2. The second-order valence-electron chi connectivity index (χ2n) is 7.78. The van der Waals surface area contributed by atoms with E-state index >= 15 is 0 Å². The Kier molecular flexibility index (Phi) is 6.53. The lowest BCUT2D eigenvalue weighted by Crippen LogP contribution is -2.06. The van der Waals surface area contributed by atoms with Crippen LogP contribution in [0, 0.1) is 0 Å². The molecule has 0 unspecified atom stereocenters. The standard InChI is InChI=1S/C24H28N2O5/c1-3-5-7-15(27)8-13-11-21-16(12-19(13)28)22(20(31-21)6-4-2)23(29)14-9-17(25)24(30)18(26)10-14/h9-12,28,30H,3-8,25-26H2,1-2H3. The fourth-order valence-corrected chi connectivity index (χ4v) is 3.65. The predicted octanol–water partition coefficient (Wildman–Crippen LogP) is 4.49. The summed E-state index contributed by atoms with van der Waals surface area (Å²) in [5, 5.41) is 20.8. The van der Waals surface area contributed by atoms with E-state index in [2.05, 4.69) is 0 Å². The molecule has 0 fully saturated rings. The van der Waals surface area contributed by atoms with Crippen molar-refractivity contribution in [3.8, 4) is 11.5 Å². The molecule has 0 aliphatic rings. The highest BCUT2D eigenvalue weighted by atomic mass is 16.3. The lowest BCUT2D eigenvalue weighted by Gasteiger charge is -2.08. The average Bonchev–Trinajstić information content (AvgIpc) is 3.06. The third-order valence-corrected chi connectivity index (χ3v) is 5.29. The number of carbonyl (C=O) groups is 2. The van der Waals surface area contributed by atoms with Crippen LogP contribution in [-0.4, -0.2) is 21.8 Å². The molecular weight excluding hydrogens is 396 g/mol. The number of aryl methyl sites for hydroxylation is 1. The number of hydrogen-bond acceptors (Lipinski definition) is 7. The summed E-state index contributed by atoms with van der Waals surface area (Å²) >= 11 is 0. The van der Waals surface area contributed by atoms with Crippen molar-refractivity contribution in [2.45, 2.75) is 52.4 Å². The Morgan fingerprint density at radius 2 is 1.68 bits per heavy atom. The molecular formula is C24H28N2O5. The number of unbranched alkanes of at least 4 members (excludes halogenated alkanes) is 1. The zero-order chi connectivity index (χ0) is 22.7. The fourth-order valence-electron chi connectivity index (χ4n) is 3.65. The van der Waals surface area contributed by atoms with Gasteiger partial charge in [0.2, 0.25) is 0 Å². The van der Waals surface area contributed by atoms with Crippen LogP contribution in [0.2, 0.25) is 0 Å². The van der Waals surface area contributed by atoms with Crippen molar-refractivity contribution >= 4 is 33.9 Å². The number of hydrogen-bond donors (Lipinski definition) is 4. The van der Waals surface area contributed by atoms with Crippen LogP contribution in [0.25, 0.3) is 11.0 Å². The Labute approximate surface area is 180 Å². The van der Waals surface area contributed by atoms with Crippen LogP contribution in [0.15, 0.2) is 28.7 Å². The lowest BCUT2D eigenvalue weighted by molar-refractivity contribution is -0.118. The third kappa shape index (κ3) is 4.50. The van der Waals surface area contributed by atoms with E-state index in [1.54, 1.807) is 6.07 Å². The van der Waals surface area contributed by atoms with Crippen molar-refractivity contribution in [3.05, 3.63) is 46.7 Å². The minimum Gasteiger partial charge on any atom is -0.508 e. The molecule has 0 aliphatic heterocycles. The van der Waals surface area contributed by atoms with Gasteiger partial charge in [0.25, 0.3) is 0 Å². The number of Topliss-reactive ketones (excluding diaryl/α,β-unsaturated/α-hetero) is 1. The van der Waals surface area contributed by atoms with Crippen LogP contribution in [0.3, 0.4) is 0 Å². The number of furan rings is 1. The van der Waals surface area contributed by atoms with E-state index in [0.29, 0.717) is 40.7 Å². The van der Waals surface area contributed by atoms with Crippen molar-refractivity contribution in [3.63, 3.8) is 0 Å². The Morgan fingerprint density at radius 1 is 1.00 bits per heavy atom. The quantitative estimate of drug-likeness (QED) is 0.225. The molecule has 3 rings (SSSR count). The molecule has 6 N–H and O–H groups in total. The lowest BCUT2D eigenvalue weighted by atomic mass is 9.96. The molecule has 1 aromatic heterocycles. The monoisotopic (exact) mass is 424 g/mol. The van der Waals surface area contributed by atoms with Gasteiger partial charge in [0.1, 0.15) is 22.9 Å². The molecule has 0 bridgehead atoms. The highest BCUT2D eigenvalue weighted by Crippen LogP contribution is 2.36. The maximum atomic E-state index is 13.3. The third-order valence-electron chi connectivity index (χ3n) is 5.29. The Balaban J connectivity index is 2.08. The van der Waals surface area contributed by atoms with Crippen molar-refractivity contribution in [1.29, 1.82) is 0 Å². The van der Waals surface area contributed by atoms with Crippen LogP contribution < -0.4 is 11.5 Å². The van der Waals surface area contributed by atoms with E-state index in [1.807, 2.05) is 13.8 Å². The summed E-state index contributed by atoms with van der Waals surface area (Å²) in [7, 11) is 0. The van der Waals surface area contributed by atoms with E-state index in [4.69, 9.17) is 15.9 Å². The Morgan fingerprint density at radius 3 is 2.29 bits per heavy atom. The van der Waals surface area contributed by atoms with Crippen molar-refractivity contribution in [1.82, 2.24) is 0 Å². The van der Waals surface area contributed by atoms with Crippen LogP contribution in [0.1, 0.15) is 66.8 Å². The largest absolute Gasteiger partial charge is 0.508 e. The van der Waals surface area contributed by atoms with E-state index in [0.717, 1.165) is 19.3 Å². The first-order valence-electron chi connectivity index (χ1n) is 10.5. The summed E-state index contributed by atoms with van der Waals surface area (Å²) in [4.78, 5) is 25.5. The van der Waals surface area contributed by atoms with Crippen LogP contribution in [0.5, 0.6) is 11.5 Å². The smallest absolute Gasteiger partial charge is 0.197 e. The Hall–Kier alpha value is -3.48. The molecule has 0 spiro atoms. The highest BCUT2D eigenvalue weighted by Gasteiger charge is 2.24. The number of fused-ring (bicyclic) bond motifs is 1. The summed E-state index contributed by atoms with van der Waals surface area (Å²) in [6.07, 6.45) is 3.56. The van der Waals surface area contributed by atoms with E-state index in [9.17, 15) is 19.8 Å². The number of phenols is 2. The molecule has 0 aliphatic carbocycles. The van der Waals surface area contributed by atoms with Crippen molar-refractivity contribution in [2.24, 2.45) is 0 Å². The van der Waals surface area contributed by atoms with Gasteiger partial charge in [-0.05, 0) is 37.1 Å². The SMILES string of the molecule is CCCCC(=O)Cc1cc2oc(CCC)c(C(=O)c3cc(N)c(O)c(N)c3)c2cc1O. The van der Waals surface area contributed by atoms with Gasteiger partial charge < -0.3 is 26.1 Å². The topological polar surface area (TPSA) is 140 Å². The minimum absolute atomic E-state index is 0.00363. The second kappa shape index (κ2) is 9.12. The molecule has 0 atom stereocenters. The summed E-state index contributed by atoms with van der Waals surface area (Å²) in [6.45, 7) is 3.98. The molecule has 0 saturated carbocycles. The number of nitrogen functional groups attached to an aromatic ring is 2. The summed E-state index contributed by atoms with van der Waals surface area (Å²) < 4.78 is 5.97. The summed E-state index contributed by atoms with van der Waals surface area (Å²) in [5.74, 6) is -0.158. The van der Waals surface area contributed by atoms with Gasteiger partial charge in [0.15, 0.2) is 11.5 Å². The van der Waals surface area contributed by atoms with E-state index < -0.39 is 0 Å². The molecule has 7 heteroatoms. The molecule has 3 aromatic rings. The number of carbonyl (C=O) groups excluding carboxylic acids is 2. The van der Waals surface area contributed by atoms with Crippen molar-refractivity contribution < 1.29 is 24.2 Å². The molecule has 7 nitrogen and oxygen atoms in total. The summed E-state index contributed by atoms with van der Waals surface area (Å²) in [5.41, 5.74) is 13.0. The highest BCUT2D eigenvalue weighted by molar-refractivity contribution is 6.18. The number of anilines is 2. The molecule has 1 heterocycles. The van der Waals surface area contributed by atoms with Crippen LogP contribution in [0.4, 0.5) is 11.4 Å². The Bertz CT molecular complexity index is 1120. The first-order chi connectivity index (χ1) is 14.8. The van der Waals surface area contributed by atoms with E-state index in [1.165, 1.54) is 18.2 Å². The zero-order valence-electron chi connectivity index (χ0n) is 17.8. The van der Waals surface area contributed by atoms with Gasteiger partial charge in [-0.3, -0.25) is 9.59 Å².